The van der Waals surface area contributed by atoms with E-state index in [2.05, 4.69) is 15.0 Å². The molecule has 5 heteroatoms. The fourth-order valence-corrected chi connectivity index (χ4v) is 1.78. The van der Waals surface area contributed by atoms with Crippen LogP contribution in [0, 0.1) is 0 Å². The molecule has 0 unspecified atom stereocenters. The van der Waals surface area contributed by atoms with E-state index in [0.29, 0.717) is 12.1 Å². The highest BCUT2D eigenvalue weighted by atomic mass is 16.5. The number of hydrogen-bond donors (Lipinski definition) is 2. The lowest BCUT2D eigenvalue weighted by Crippen LogP contribution is -2.30. The molecule has 1 aliphatic rings. The van der Waals surface area contributed by atoms with Gasteiger partial charge in [-0.05, 0) is 17.5 Å². The first kappa shape index (κ1) is 9.45. The molecule has 1 atom stereocenters. The number of nitrogens with one attached hydrogen (secondary N) is 2. The van der Waals surface area contributed by atoms with Crippen molar-refractivity contribution in [3.05, 3.63) is 23.0 Å². The van der Waals surface area contributed by atoms with Crippen LogP contribution >= 0.6 is 0 Å². The maximum Gasteiger partial charge on any atom is 0.305 e. The molecular formula is C11H14N2O3. The van der Waals surface area contributed by atoms with E-state index in [-0.39, 0.29) is 24.7 Å². The van der Waals surface area contributed by atoms with Crippen LogP contribution in [0.3, 0.4) is 0 Å². The normalized spacial score (nSPS) is 19.7. The summed E-state index contributed by atoms with van der Waals surface area (Å²) in [7, 11) is 1.35. The number of aryl methyl sites for hydroxylation is 1. The maximum absolute atomic E-state index is 11.3. The molecule has 1 aromatic heterocycles. The number of carbonyl (C=O) groups is 2. The lowest BCUT2D eigenvalue weighted by Gasteiger charge is -2.13. The van der Waals surface area contributed by atoms with Crippen LogP contribution in [0.5, 0.6) is 0 Å². The number of H-pyrrole nitrogens is 1. The topological polar surface area (TPSA) is 71.2 Å². The largest absolute Gasteiger partial charge is 0.469 e. The van der Waals surface area contributed by atoms with Crippen molar-refractivity contribution in [3.63, 3.8) is 0 Å². The zero-order valence-corrected chi connectivity index (χ0v) is 9.00. The molecule has 2 rings (SSSR count). The number of ether oxygens (including phenoxy) is 1. The van der Waals surface area contributed by atoms with Gasteiger partial charge >= 0.3 is 5.97 Å². The fourth-order valence-electron chi connectivity index (χ4n) is 1.78. The van der Waals surface area contributed by atoms with Crippen LogP contribution in [0.2, 0.25) is 0 Å². The standard InChI is InChI=1S/C11H14N2O3/c1-16-11(15)3-2-7-5-12-9-6-13-10(14)4-8(7)9/h5,12H,2-4,6H2,1H3,(H,13,14)/i6T/t6-/m1/s1. The minimum Gasteiger partial charge on any atom is -0.469 e. The van der Waals surface area contributed by atoms with Gasteiger partial charge in [-0.3, -0.25) is 9.59 Å². The van der Waals surface area contributed by atoms with Gasteiger partial charge in [0, 0.05) is 18.3 Å². The number of esters is 1. The van der Waals surface area contributed by atoms with Gasteiger partial charge < -0.3 is 15.0 Å². The van der Waals surface area contributed by atoms with Crippen molar-refractivity contribution < 1.29 is 15.7 Å². The van der Waals surface area contributed by atoms with Crippen LogP contribution < -0.4 is 5.32 Å². The maximum atomic E-state index is 11.3. The molecule has 16 heavy (non-hydrogen) atoms. The van der Waals surface area contributed by atoms with E-state index < -0.39 is 6.52 Å². The number of fused-ring (bicyclic) bond motifs is 1. The number of rotatable bonds is 3. The number of amides is 1. The van der Waals surface area contributed by atoms with Crippen molar-refractivity contribution in [1.82, 2.24) is 10.3 Å². The Labute approximate surface area is 94.6 Å². The number of carbonyl (C=O) groups excluding carboxylic acids is 2. The second-order valence-corrected chi connectivity index (χ2v) is 3.67. The van der Waals surface area contributed by atoms with Crippen molar-refractivity contribution in [2.75, 3.05) is 7.11 Å². The van der Waals surface area contributed by atoms with Gasteiger partial charge in [0.1, 0.15) is 0 Å². The van der Waals surface area contributed by atoms with E-state index in [1.54, 1.807) is 6.20 Å². The van der Waals surface area contributed by atoms with Gasteiger partial charge in [0.15, 0.2) is 0 Å². The molecule has 0 aromatic carbocycles. The first-order valence-electron chi connectivity index (χ1n) is 5.67. The van der Waals surface area contributed by atoms with Gasteiger partial charge in [-0.25, -0.2) is 0 Å². The third kappa shape index (κ3) is 2.08. The third-order valence-corrected chi connectivity index (χ3v) is 2.66. The van der Waals surface area contributed by atoms with E-state index in [1.165, 1.54) is 7.11 Å². The van der Waals surface area contributed by atoms with Crippen molar-refractivity contribution in [1.29, 1.82) is 0 Å². The molecule has 0 fully saturated rings. The van der Waals surface area contributed by atoms with Gasteiger partial charge in [-0.2, -0.15) is 0 Å². The SMILES string of the molecule is [3H][C@H]1NC(=O)Cc2c(CCC(=O)OC)c[nH]c21. The van der Waals surface area contributed by atoms with Gasteiger partial charge in [0.05, 0.1) is 21.4 Å². The zero-order chi connectivity index (χ0) is 12.4. The Balaban J connectivity index is 2.15. The third-order valence-electron chi connectivity index (χ3n) is 2.66. The van der Waals surface area contributed by atoms with E-state index >= 15 is 0 Å². The molecule has 0 spiro atoms. The highest BCUT2D eigenvalue weighted by molar-refractivity contribution is 5.81. The highest BCUT2D eigenvalue weighted by Gasteiger charge is 2.19. The predicted octanol–water partition coefficient (Wildman–Crippen LogP) is 0.293. The van der Waals surface area contributed by atoms with Crippen molar-refractivity contribution >= 4 is 11.9 Å². The Morgan fingerprint density at radius 3 is 3.25 bits per heavy atom. The average molecular weight is 224 g/mol. The summed E-state index contributed by atoms with van der Waals surface area (Å²) in [5, 5.41) is 2.53. The summed E-state index contributed by atoms with van der Waals surface area (Å²) in [6.07, 6.45) is 2.84. The minimum atomic E-state index is -0.738. The van der Waals surface area contributed by atoms with Crippen LogP contribution in [-0.2, 0) is 33.7 Å². The molecule has 0 aliphatic carbocycles. The van der Waals surface area contributed by atoms with Crippen molar-refractivity contribution in [3.8, 4) is 0 Å². The lowest BCUT2D eigenvalue weighted by atomic mass is 10.0. The molecular weight excluding hydrogens is 208 g/mol. The Kier molecular flexibility index (Phi) is 2.59. The van der Waals surface area contributed by atoms with Gasteiger partial charge in [0.2, 0.25) is 5.91 Å². The predicted molar refractivity (Wildman–Crippen MR) is 56.7 cm³/mol. The Hall–Kier alpha value is -1.78. The molecule has 0 saturated heterocycles. The number of aromatic amines is 1. The molecule has 1 aromatic rings. The Morgan fingerprint density at radius 1 is 1.69 bits per heavy atom. The smallest absolute Gasteiger partial charge is 0.305 e. The summed E-state index contributed by atoms with van der Waals surface area (Å²) in [6, 6.07) is 0. The van der Waals surface area contributed by atoms with Crippen molar-refractivity contribution in [2.45, 2.75) is 25.8 Å². The summed E-state index contributed by atoms with van der Waals surface area (Å²) in [6.45, 7) is -0.738. The van der Waals surface area contributed by atoms with Crippen LogP contribution in [0.15, 0.2) is 6.20 Å². The van der Waals surface area contributed by atoms with E-state index in [9.17, 15) is 9.59 Å². The Morgan fingerprint density at radius 2 is 2.50 bits per heavy atom. The van der Waals surface area contributed by atoms with Gasteiger partial charge in [-0.15, -0.1) is 0 Å². The molecule has 0 radical (unpaired) electrons. The van der Waals surface area contributed by atoms with Crippen LogP contribution in [0.4, 0.5) is 0 Å². The summed E-state index contributed by atoms with van der Waals surface area (Å²) in [5.41, 5.74) is 2.47. The summed E-state index contributed by atoms with van der Waals surface area (Å²) < 4.78 is 12.3. The van der Waals surface area contributed by atoms with Gasteiger partial charge in [0.25, 0.3) is 0 Å². The molecule has 1 amide bonds. The lowest BCUT2D eigenvalue weighted by molar-refractivity contribution is -0.140. The number of methoxy groups -OCH3 is 1. The molecule has 0 bridgehead atoms. The summed E-state index contributed by atoms with van der Waals surface area (Å²) in [5.74, 6) is -0.431. The monoisotopic (exact) mass is 224 g/mol. The zero-order valence-electron chi connectivity index (χ0n) is 10.0. The minimum absolute atomic E-state index is 0.156. The van der Waals surface area contributed by atoms with E-state index in [0.717, 1.165) is 11.1 Å². The summed E-state index contributed by atoms with van der Waals surface area (Å²) >= 11 is 0. The quantitative estimate of drug-likeness (QED) is 0.725. The number of hydrogen-bond acceptors (Lipinski definition) is 3. The van der Waals surface area contributed by atoms with Gasteiger partial charge in [-0.1, -0.05) is 0 Å². The van der Waals surface area contributed by atoms with Crippen LogP contribution in [0.1, 0.15) is 24.6 Å². The molecule has 5 nitrogen and oxygen atoms in total. The second kappa shape index (κ2) is 4.38. The van der Waals surface area contributed by atoms with Crippen LogP contribution in [0.25, 0.3) is 0 Å². The number of aromatic nitrogens is 1. The fraction of sp³-hybridized carbons (Fsp3) is 0.455. The highest BCUT2D eigenvalue weighted by Crippen LogP contribution is 2.19. The first-order chi connectivity index (χ1) is 8.11. The summed E-state index contributed by atoms with van der Waals surface area (Å²) in [4.78, 5) is 25.4. The average Bonchev–Trinajstić information content (AvgIpc) is 2.69. The Bertz CT molecular complexity index is 456. The van der Waals surface area contributed by atoms with E-state index in [1.807, 2.05) is 0 Å². The van der Waals surface area contributed by atoms with E-state index in [4.69, 9.17) is 1.37 Å². The van der Waals surface area contributed by atoms with Crippen molar-refractivity contribution in [2.24, 2.45) is 0 Å². The molecule has 1 aliphatic heterocycles. The second-order valence-electron chi connectivity index (χ2n) is 3.67. The molecule has 2 heterocycles. The molecule has 0 saturated carbocycles. The molecule has 86 valence electrons. The first-order valence-corrected chi connectivity index (χ1v) is 5.09. The molecule has 2 N–H and O–H groups in total. The van der Waals surface area contributed by atoms with Crippen LogP contribution in [-0.4, -0.2) is 24.0 Å².